The van der Waals surface area contributed by atoms with Crippen molar-refractivity contribution in [1.82, 2.24) is 5.32 Å². The fourth-order valence-electron chi connectivity index (χ4n) is 2.81. The summed E-state index contributed by atoms with van der Waals surface area (Å²) in [6.45, 7) is 2.20. The number of rotatable bonds is 5. The molecule has 1 saturated carbocycles. The van der Waals surface area contributed by atoms with Crippen LogP contribution in [0.2, 0.25) is 0 Å². The largest absolute Gasteiger partial charge is 0.299 e. The number of nitrogens with zero attached hydrogens (tertiary/aromatic N) is 1. The first-order valence-electron chi connectivity index (χ1n) is 7.00. The third-order valence-corrected chi connectivity index (χ3v) is 3.91. The van der Waals surface area contributed by atoms with Crippen molar-refractivity contribution < 1.29 is 0 Å². The summed E-state index contributed by atoms with van der Waals surface area (Å²) in [5.41, 5.74) is 1.32. The molecule has 1 fully saturated rings. The highest BCUT2D eigenvalue weighted by atomic mass is 15.0. The quantitative estimate of drug-likeness (QED) is 0.856. The van der Waals surface area contributed by atoms with Crippen LogP contribution in [0.1, 0.15) is 50.5 Å². The van der Waals surface area contributed by atoms with E-state index in [4.69, 9.17) is 0 Å². The standard InChI is InChI=1S/C16H22N2/c1-13(14-7-3-2-4-8-14)11-16(12-17)18-15-9-5-6-10-15/h2-4,7-8,13,15-16,18H,5-6,9-11H2,1H3. The topological polar surface area (TPSA) is 35.8 Å². The average molecular weight is 242 g/mol. The molecule has 2 heteroatoms. The molecule has 0 aliphatic heterocycles. The Bertz CT molecular complexity index is 387. The van der Waals surface area contributed by atoms with Crippen LogP contribution >= 0.6 is 0 Å². The Morgan fingerprint density at radius 1 is 1.28 bits per heavy atom. The van der Waals surface area contributed by atoms with Gasteiger partial charge in [0.2, 0.25) is 0 Å². The molecular weight excluding hydrogens is 220 g/mol. The molecule has 0 bridgehead atoms. The van der Waals surface area contributed by atoms with Gasteiger partial charge in [-0.05, 0) is 30.7 Å². The smallest absolute Gasteiger partial charge is 0.0960 e. The zero-order chi connectivity index (χ0) is 12.8. The Morgan fingerprint density at radius 2 is 1.94 bits per heavy atom. The summed E-state index contributed by atoms with van der Waals surface area (Å²) in [6.07, 6.45) is 5.99. The molecule has 0 spiro atoms. The lowest BCUT2D eigenvalue weighted by atomic mass is 9.94. The molecule has 0 saturated heterocycles. The van der Waals surface area contributed by atoms with E-state index >= 15 is 0 Å². The first-order chi connectivity index (χ1) is 8.79. The summed E-state index contributed by atoms with van der Waals surface area (Å²) < 4.78 is 0. The van der Waals surface area contributed by atoms with Crippen LogP contribution in [0.25, 0.3) is 0 Å². The molecule has 0 radical (unpaired) electrons. The zero-order valence-electron chi connectivity index (χ0n) is 11.1. The van der Waals surface area contributed by atoms with Crippen molar-refractivity contribution in [2.24, 2.45) is 0 Å². The molecule has 0 heterocycles. The van der Waals surface area contributed by atoms with E-state index in [-0.39, 0.29) is 6.04 Å². The van der Waals surface area contributed by atoms with Crippen molar-refractivity contribution in [1.29, 1.82) is 5.26 Å². The van der Waals surface area contributed by atoms with Crippen LogP contribution in [-0.4, -0.2) is 12.1 Å². The molecule has 0 aromatic heterocycles. The fraction of sp³-hybridized carbons (Fsp3) is 0.562. The van der Waals surface area contributed by atoms with Gasteiger partial charge in [0.05, 0.1) is 12.1 Å². The summed E-state index contributed by atoms with van der Waals surface area (Å²) in [7, 11) is 0. The highest BCUT2D eigenvalue weighted by Crippen LogP contribution is 2.23. The molecule has 2 rings (SSSR count). The monoisotopic (exact) mass is 242 g/mol. The lowest BCUT2D eigenvalue weighted by Gasteiger charge is -2.20. The second-order valence-corrected chi connectivity index (χ2v) is 5.38. The number of hydrogen-bond acceptors (Lipinski definition) is 2. The van der Waals surface area contributed by atoms with E-state index < -0.39 is 0 Å². The van der Waals surface area contributed by atoms with E-state index in [0.29, 0.717) is 12.0 Å². The van der Waals surface area contributed by atoms with Gasteiger partial charge in [0, 0.05) is 6.04 Å². The molecular formula is C16H22N2. The van der Waals surface area contributed by atoms with Crippen molar-refractivity contribution >= 4 is 0 Å². The summed E-state index contributed by atoms with van der Waals surface area (Å²) in [4.78, 5) is 0. The normalized spacial score (nSPS) is 19.3. The van der Waals surface area contributed by atoms with Gasteiger partial charge in [0.15, 0.2) is 0 Å². The summed E-state index contributed by atoms with van der Waals surface area (Å²) in [5.74, 6) is 0.435. The van der Waals surface area contributed by atoms with Gasteiger partial charge in [-0.2, -0.15) is 5.26 Å². The van der Waals surface area contributed by atoms with E-state index in [9.17, 15) is 5.26 Å². The first-order valence-corrected chi connectivity index (χ1v) is 7.00. The second kappa shape index (κ2) is 6.56. The molecule has 0 amide bonds. The van der Waals surface area contributed by atoms with Gasteiger partial charge >= 0.3 is 0 Å². The predicted octanol–water partition coefficient (Wildman–Crippen LogP) is 3.60. The highest BCUT2D eigenvalue weighted by Gasteiger charge is 2.20. The molecule has 1 aromatic carbocycles. The minimum atomic E-state index is -0.0108. The van der Waals surface area contributed by atoms with Gasteiger partial charge < -0.3 is 0 Å². The minimum absolute atomic E-state index is 0.0108. The van der Waals surface area contributed by atoms with Crippen LogP contribution in [0.15, 0.2) is 30.3 Å². The van der Waals surface area contributed by atoms with Crippen molar-refractivity contribution in [3.8, 4) is 6.07 Å². The molecule has 1 aliphatic rings. The number of hydrogen-bond donors (Lipinski definition) is 1. The maximum Gasteiger partial charge on any atom is 0.0960 e. The van der Waals surface area contributed by atoms with Crippen molar-refractivity contribution in [3.05, 3.63) is 35.9 Å². The molecule has 1 aromatic rings. The number of nitrogens with one attached hydrogen (secondary N) is 1. The van der Waals surface area contributed by atoms with E-state index in [1.54, 1.807) is 0 Å². The summed E-state index contributed by atoms with van der Waals surface area (Å²) >= 11 is 0. The van der Waals surface area contributed by atoms with Crippen LogP contribution in [0, 0.1) is 11.3 Å². The maximum atomic E-state index is 9.27. The van der Waals surface area contributed by atoms with Crippen LogP contribution < -0.4 is 5.32 Å². The minimum Gasteiger partial charge on any atom is -0.299 e. The SMILES string of the molecule is CC(CC(C#N)NC1CCCC1)c1ccccc1. The molecule has 1 N–H and O–H groups in total. The molecule has 2 nitrogen and oxygen atoms in total. The van der Waals surface area contributed by atoms with Gasteiger partial charge in [-0.3, -0.25) is 5.32 Å². The lowest BCUT2D eigenvalue weighted by molar-refractivity contribution is 0.445. The predicted molar refractivity (Wildman–Crippen MR) is 74.3 cm³/mol. The van der Waals surface area contributed by atoms with E-state index in [1.807, 2.05) is 6.07 Å². The number of nitriles is 1. The van der Waals surface area contributed by atoms with Crippen molar-refractivity contribution in [2.45, 2.75) is 57.0 Å². The average Bonchev–Trinajstić information content (AvgIpc) is 2.91. The lowest BCUT2D eigenvalue weighted by Crippen LogP contribution is -2.36. The maximum absolute atomic E-state index is 9.27. The van der Waals surface area contributed by atoms with Crippen LogP contribution in [0.3, 0.4) is 0 Å². The molecule has 1 aliphatic carbocycles. The van der Waals surface area contributed by atoms with Crippen LogP contribution in [0.5, 0.6) is 0 Å². The Balaban J connectivity index is 1.88. The van der Waals surface area contributed by atoms with Gasteiger partial charge in [0.1, 0.15) is 0 Å². The van der Waals surface area contributed by atoms with E-state index in [1.165, 1.54) is 31.2 Å². The van der Waals surface area contributed by atoms with Crippen LogP contribution in [-0.2, 0) is 0 Å². The van der Waals surface area contributed by atoms with E-state index in [0.717, 1.165) is 6.42 Å². The third-order valence-electron chi connectivity index (χ3n) is 3.91. The molecule has 2 unspecified atom stereocenters. The van der Waals surface area contributed by atoms with Gasteiger partial charge in [0.25, 0.3) is 0 Å². The Labute approximate surface area is 110 Å². The fourth-order valence-corrected chi connectivity index (χ4v) is 2.81. The van der Waals surface area contributed by atoms with Crippen molar-refractivity contribution in [2.75, 3.05) is 0 Å². The third kappa shape index (κ3) is 3.58. The van der Waals surface area contributed by atoms with E-state index in [2.05, 4.69) is 42.6 Å². The zero-order valence-corrected chi connectivity index (χ0v) is 11.1. The second-order valence-electron chi connectivity index (χ2n) is 5.38. The highest BCUT2D eigenvalue weighted by molar-refractivity contribution is 5.19. The Morgan fingerprint density at radius 3 is 2.56 bits per heavy atom. The van der Waals surface area contributed by atoms with Crippen LogP contribution in [0.4, 0.5) is 0 Å². The number of benzene rings is 1. The van der Waals surface area contributed by atoms with Crippen molar-refractivity contribution in [3.63, 3.8) is 0 Å². The van der Waals surface area contributed by atoms with Gasteiger partial charge in [-0.1, -0.05) is 50.1 Å². The summed E-state index contributed by atoms with van der Waals surface area (Å²) in [6, 6.07) is 13.4. The molecule has 2 atom stereocenters. The summed E-state index contributed by atoms with van der Waals surface area (Å²) in [5, 5.41) is 12.8. The Hall–Kier alpha value is -1.33. The Kier molecular flexibility index (Phi) is 4.78. The van der Waals surface area contributed by atoms with Gasteiger partial charge in [-0.25, -0.2) is 0 Å². The molecule has 18 heavy (non-hydrogen) atoms. The molecule has 96 valence electrons. The van der Waals surface area contributed by atoms with Gasteiger partial charge in [-0.15, -0.1) is 0 Å². The first kappa shape index (κ1) is 13.1.